The molecule has 0 amide bonds. The lowest BCUT2D eigenvalue weighted by atomic mass is 9.51. The molecule has 0 aliphatic heterocycles. The molecule has 3 fully saturated rings. The molecule has 3 rings (SSSR count). The van der Waals surface area contributed by atoms with E-state index in [1.165, 1.54) is 0 Å². The minimum Gasteiger partial charge on any atom is -0.299 e. The number of carbonyl (C=O) groups excluding carboxylic acids is 1. The van der Waals surface area contributed by atoms with Gasteiger partial charge in [-0.05, 0) is 61.7 Å². The lowest BCUT2D eigenvalue weighted by Gasteiger charge is -2.53. The van der Waals surface area contributed by atoms with Crippen LogP contribution in [-0.4, -0.2) is 12.0 Å². The number of carbonyl (C=O) groups is 1. The Kier molecular flexibility index (Phi) is 4.81. The zero-order valence-electron chi connectivity index (χ0n) is 15.2. The zero-order chi connectivity index (χ0) is 17.7. The first-order valence-corrected chi connectivity index (χ1v) is 9.78. The SMILES string of the molecule is CCCC1C(CC(F)(F)F)CCC2C1CCC1(C)C(=O)C(C)CC21. The van der Waals surface area contributed by atoms with Gasteiger partial charge in [-0.1, -0.05) is 33.6 Å². The number of fused-ring (bicyclic) bond motifs is 3. The Hall–Kier alpha value is -0.540. The molecule has 0 bridgehead atoms. The molecule has 0 aromatic carbocycles. The number of ketones is 1. The average molecular weight is 344 g/mol. The fraction of sp³-hybridized carbons (Fsp3) is 0.950. The number of rotatable bonds is 3. The summed E-state index contributed by atoms with van der Waals surface area (Å²) in [6.45, 7) is 6.26. The van der Waals surface area contributed by atoms with Gasteiger partial charge in [-0.15, -0.1) is 0 Å². The zero-order valence-corrected chi connectivity index (χ0v) is 15.2. The van der Waals surface area contributed by atoms with Crippen molar-refractivity contribution in [2.75, 3.05) is 0 Å². The van der Waals surface area contributed by atoms with E-state index in [4.69, 9.17) is 0 Å². The summed E-state index contributed by atoms with van der Waals surface area (Å²) in [6.07, 6.45) is 1.60. The summed E-state index contributed by atoms with van der Waals surface area (Å²) < 4.78 is 39.0. The van der Waals surface area contributed by atoms with Crippen LogP contribution in [0.1, 0.15) is 72.1 Å². The van der Waals surface area contributed by atoms with Crippen LogP contribution >= 0.6 is 0 Å². The maximum atomic E-state index is 13.0. The van der Waals surface area contributed by atoms with E-state index in [1.54, 1.807) is 0 Å². The van der Waals surface area contributed by atoms with Gasteiger partial charge in [0.25, 0.3) is 0 Å². The lowest BCUT2D eigenvalue weighted by molar-refractivity contribution is -0.160. The van der Waals surface area contributed by atoms with Crippen LogP contribution in [0.3, 0.4) is 0 Å². The molecule has 3 saturated carbocycles. The predicted octanol–water partition coefficient (Wildman–Crippen LogP) is 6.02. The molecule has 0 spiro atoms. The molecule has 0 saturated heterocycles. The summed E-state index contributed by atoms with van der Waals surface area (Å²) in [7, 11) is 0. The second-order valence-corrected chi connectivity index (χ2v) is 9.00. The van der Waals surface area contributed by atoms with E-state index in [0.29, 0.717) is 30.0 Å². The van der Waals surface area contributed by atoms with Crippen LogP contribution in [0.4, 0.5) is 13.2 Å². The standard InChI is InChI=1S/C20H31F3O/c1-4-5-14-13(11-20(21,22)23)6-7-16-15(14)8-9-19(3)17(16)10-12(2)18(19)24/h12-17H,4-11H2,1-3H3. The maximum absolute atomic E-state index is 13.0. The second kappa shape index (κ2) is 6.32. The van der Waals surface area contributed by atoms with Crippen molar-refractivity contribution in [1.29, 1.82) is 0 Å². The number of hydrogen-bond donors (Lipinski definition) is 0. The Labute approximate surface area is 143 Å². The van der Waals surface area contributed by atoms with Crippen LogP contribution in [0.15, 0.2) is 0 Å². The molecule has 4 heteroatoms. The Morgan fingerprint density at radius 2 is 1.88 bits per heavy atom. The number of alkyl halides is 3. The third-order valence-electron chi connectivity index (χ3n) is 7.64. The molecule has 138 valence electrons. The van der Waals surface area contributed by atoms with Gasteiger partial charge in [-0.25, -0.2) is 0 Å². The highest BCUT2D eigenvalue weighted by atomic mass is 19.4. The van der Waals surface area contributed by atoms with Gasteiger partial charge in [-0.2, -0.15) is 13.2 Å². The van der Waals surface area contributed by atoms with Gasteiger partial charge in [0, 0.05) is 17.8 Å². The van der Waals surface area contributed by atoms with Crippen LogP contribution in [0.5, 0.6) is 0 Å². The van der Waals surface area contributed by atoms with E-state index in [-0.39, 0.29) is 23.2 Å². The first-order chi connectivity index (χ1) is 11.2. The minimum absolute atomic E-state index is 0.135. The van der Waals surface area contributed by atoms with Crippen molar-refractivity contribution in [3.8, 4) is 0 Å². The van der Waals surface area contributed by atoms with E-state index in [1.807, 2.05) is 6.92 Å². The quantitative estimate of drug-likeness (QED) is 0.611. The predicted molar refractivity (Wildman–Crippen MR) is 88.4 cm³/mol. The van der Waals surface area contributed by atoms with Crippen molar-refractivity contribution in [1.82, 2.24) is 0 Å². The minimum atomic E-state index is -4.05. The third kappa shape index (κ3) is 3.03. The molecule has 24 heavy (non-hydrogen) atoms. The monoisotopic (exact) mass is 344 g/mol. The summed E-state index contributed by atoms with van der Waals surface area (Å²) in [5.41, 5.74) is -0.200. The normalized spacial score (nSPS) is 45.8. The number of halogens is 3. The van der Waals surface area contributed by atoms with Gasteiger partial charge in [0.1, 0.15) is 5.78 Å². The van der Waals surface area contributed by atoms with Gasteiger partial charge in [0.05, 0.1) is 0 Å². The molecule has 3 aliphatic rings. The van der Waals surface area contributed by atoms with E-state index < -0.39 is 12.6 Å². The van der Waals surface area contributed by atoms with Gasteiger partial charge in [-0.3, -0.25) is 4.79 Å². The van der Waals surface area contributed by atoms with Crippen LogP contribution in [0, 0.1) is 40.9 Å². The van der Waals surface area contributed by atoms with Crippen molar-refractivity contribution in [3.63, 3.8) is 0 Å². The smallest absolute Gasteiger partial charge is 0.299 e. The van der Waals surface area contributed by atoms with Crippen LogP contribution in [0.2, 0.25) is 0 Å². The Morgan fingerprint density at radius 1 is 1.17 bits per heavy atom. The summed E-state index contributed by atoms with van der Waals surface area (Å²) in [4.78, 5) is 12.6. The van der Waals surface area contributed by atoms with Crippen molar-refractivity contribution in [2.45, 2.75) is 78.3 Å². The van der Waals surface area contributed by atoms with Gasteiger partial charge in [0.2, 0.25) is 0 Å². The molecule has 7 atom stereocenters. The average Bonchev–Trinajstić information content (AvgIpc) is 2.72. The largest absolute Gasteiger partial charge is 0.389 e. The van der Waals surface area contributed by atoms with E-state index in [9.17, 15) is 18.0 Å². The van der Waals surface area contributed by atoms with Crippen molar-refractivity contribution in [3.05, 3.63) is 0 Å². The number of Topliss-reactive ketones (excluding diaryl/α,β-unsaturated/α-hetero) is 1. The Balaban J connectivity index is 1.82. The second-order valence-electron chi connectivity index (χ2n) is 9.00. The molecular weight excluding hydrogens is 313 g/mol. The van der Waals surface area contributed by atoms with E-state index >= 15 is 0 Å². The highest BCUT2D eigenvalue weighted by molar-refractivity contribution is 5.89. The van der Waals surface area contributed by atoms with Crippen LogP contribution in [-0.2, 0) is 4.79 Å². The molecular formula is C20H31F3O. The number of hydrogen-bond acceptors (Lipinski definition) is 1. The fourth-order valence-corrected chi connectivity index (χ4v) is 6.68. The van der Waals surface area contributed by atoms with Crippen molar-refractivity contribution in [2.24, 2.45) is 40.9 Å². The Morgan fingerprint density at radius 3 is 2.50 bits per heavy atom. The molecule has 0 radical (unpaired) electrons. The summed E-state index contributed by atoms with van der Waals surface area (Å²) in [5.74, 6) is 1.83. The summed E-state index contributed by atoms with van der Waals surface area (Å²) in [6, 6.07) is 0. The lowest BCUT2D eigenvalue weighted by Crippen LogP contribution is -2.48. The molecule has 0 N–H and O–H groups in total. The highest BCUT2D eigenvalue weighted by Crippen LogP contribution is 2.61. The molecule has 7 unspecified atom stereocenters. The fourth-order valence-electron chi connectivity index (χ4n) is 6.68. The topological polar surface area (TPSA) is 17.1 Å². The summed E-state index contributed by atoms with van der Waals surface area (Å²) in [5, 5.41) is 0. The molecule has 0 heterocycles. The van der Waals surface area contributed by atoms with Gasteiger partial charge >= 0.3 is 6.18 Å². The highest BCUT2D eigenvalue weighted by Gasteiger charge is 2.58. The van der Waals surface area contributed by atoms with Crippen LogP contribution in [0.25, 0.3) is 0 Å². The molecule has 3 aliphatic carbocycles. The first-order valence-electron chi connectivity index (χ1n) is 9.78. The van der Waals surface area contributed by atoms with Gasteiger partial charge in [0.15, 0.2) is 0 Å². The van der Waals surface area contributed by atoms with E-state index in [0.717, 1.165) is 38.5 Å². The molecule has 0 aromatic heterocycles. The maximum Gasteiger partial charge on any atom is 0.389 e. The molecule has 1 nitrogen and oxygen atoms in total. The van der Waals surface area contributed by atoms with Crippen LogP contribution < -0.4 is 0 Å². The first kappa shape index (κ1) is 18.3. The Bertz CT molecular complexity index is 486. The van der Waals surface area contributed by atoms with Crippen molar-refractivity contribution >= 4 is 5.78 Å². The third-order valence-corrected chi connectivity index (χ3v) is 7.64. The van der Waals surface area contributed by atoms with Gasteiger partial charge < -0.3 is 0 Å². The van der Waals surface area contributed by atoms with Crippen molar-refractivity contribution < 1.29 is 18.0 Å². The summed E-state index contributed by atoms with van der Waals surface area (Å²) >= 11 is 0. The van der Waals surface area contributed by atoms with E-state index in [2.05, 4.69) is 13.8 Å². The molecule has 0 aromatic rings.